The lowest BCUT2D eigenvalue weighted by Gasteiger charge is -2.35. The highest BCUT2D eigenvalue weighted by atomic mass is 79.9. The Balaban J connectivity index is 2.26. The normalized spacial score (nSPS) is 16.5. The highest BCUT2D eigenvalue weighted by Crippen LogP contribution is 2.26. The molecule has 0 radical (unpaired) electrons. The molecule has 1 fully saturated rings. The van der Waals surface area contributed by atoms with E-state index in [2.05, 4.69) is 34.9 Å². The summed E-state index contributed by atoms with van der Waals surface area (Å²) in [5.74, 6) is -0.120. The van der Waals surface area contributed by atoms with Gasteiger partial charge in [0.05, 0.1) is 10.5 Å². The van der Waals surface area contributed by atoms with E-state index in [9.17, 15) is 13.2 Å². The van der Waals surface area contributed by atoms with Gasteiger partial charge in [0.25, 0.3) is 5.91 Å². The maximum Gasteiger partial charge on any atom is 0.255 e. The average molecular weight is 446 g/mol. The lowest BCUT2D eigenvalue weighted by atomic mass is 10.0. The SMILES string of the molecule is CCN(CC)S(=O)(=O)c1ccc(Br)c(C(=O)N2CCC(N(C)C)CC2)c1. The van der Waals surface area contributed by atoms with Gasteiger partial charge in [-0.05, 0) is 61.1 Å². The predicted octanol–water partition coefficient (Wildman–Crippen LogP) is 2.65. The maximum atomic E-state index is 13.0. The Labute approximate surface area is 165 Å². The Bertz CT molecular complexity index is 740. The largest absolute Gasteiger partial charge is 0.338 e. The van der Waals surface area contributed by atoms with E-state index in [4.69, 9.17) is 0 Å². The van der Waals surface area contributed by atoms with Crippen molar-refractivity contribution in [1.29, 1.82) is 0 Å². The second kappa shape index (κ2) is 8.82. The zero-order valence-corrected chi connectivity index (χ0v) is 18.3. The van der Waals surface area contributed by atoms with E-state index >= 15 is 0 Å². The Morgan fingerprint density at radius 3 is 2.27 bits per heavy atom. The molecule has 1 aromatic carbocycles. The fourth-order valence-electron chi connectivity index (χ4n) is 3.30. The first-order valence-electron chi connectivity index (χ1n) is 8.97. The number of hydrogen-bond donors (Lipinski definition) is 0. The van der Waals surface area contributed by atoms with Gasteiger partial charge in [0.2, 0.25) is 10.0 Å². The summed E-state index contributed by atoms with van der Waals surface area (Å²) in [7, 11) is 0.522. The molecule has 146 valence electrons. The molecule has 0 spiro atoms. The van der Waals surface area contributed by atoms with Crippen molar-refractivity contribution in [3.05, 3.63) is 28.2 Å². The Morgan fingerprint density at radius 2 is 1.77 bits per heavy atom. The molecule has 0 aromatic heterocycles. The van der Waals surface area contributed by atoms with Crippen LogP contribution >= 0.6 is 15.9 Å². The molecule has 0 N–H and O–H groups in total. The van der Waals surface area contributed by atoms with E-state index in [0.29, 0.717) is 42.3 Å². The van der Waals surface area contributed by atoms with Crippen molar-refractivity contribution in [2.24, 2.45) is 0 Å². The van der Waals surface area contributed by atoms with Crippen LogP contribution in [0.15, 0.2) is 27.6 Å². The van der Waals surface area contributed by atoms with Crippen molar-refractivity contribution < 1.29 is 13.2 Å². The van der Waals surface area contributed by atoms with Crippen LogP contribution in [0.2, 0.25) is 0 Å². The van der Waals surface area contributed by atoms with E-state index in [0.717, 1.165) is 12.8 Å². The number of hydrogen-bond acceptors (Lipinski definition) is 4. The second-order valence-corrected chi connectivity index (χ2v) is 9.51. The van der Waals surface area contributed by atoms with Crippen LogP contribution in [0.5, 0.6) is 0 Å². The van der Waals surface area contributed by atoms with Crippen LogP contribution in [0.25, 0.3) is 0 Å². The van der Waals surface area contributed by atoms with Crippen molar-refractivity contribution in [2.75, 3.05) is 40.3 Å². The third-order valence-electron chi connectivity index (χ3n) is 4.99. The first-order chi connectivity index (χ1) is 12.2. The summed E-state index contributed by atoms with van der Waals surface area (Å²) in [5, 5.41) is 0. The number of likely N-dealkylation sites (tertiary alicyclic amines) is 1. The number of benzene rings is 1. The number of piperidine rings is 1. The van der Waals surface area contributed by atoms with E-state index in [1.54, 1.807) is 26.0 Å². The summed E-state index contributed by atoms with van der Waals surface area (Å²) in [6.07, 6.45) is 1.85. The van der Waals surface area contributed by atoms with Crippen LogP contribution in [0.1, 0.15) is 37.0 Å². The van der Waals surface area contributed by atoms with Crippen molar-refractivity contribution in [3.63, 3.8) is 0 Å². The molecule has 1 aliphatic rings. The highest BCUT2D eigenvalue weighted by molar-refractivity contribution is 9.10. The van der Waals surface area contributed by atoms with Gasteiger partial charge in [-0.2, -0.15) is 4.31 Å². The van der Waals surface area contributed by atoms with Gasteiger partial charge in [-0.15, -0.1) is 0 Å². The van der Waals surface area contributed by atoms with Crippen molar-refractivity contribution in [1.82, 2.24) is 14.1 Å². The summed E-state index contributed by atoms with van der Waals surface area (Å²) in [6.45, 7) is 5.77. The molecular formula is C18H28BrN3O3S. The van der Waals surface area contributed by atoms with Crippen LogP contribution in [0, 0.1) is 0 Å². The number of rotatable bonds is 6. The van der Waals surface area contributed by atoms with Gasteiger partial charge >= 0.3 is 0 Å². The quantitative estimate of drug-likeness (QED) is 0.674. The Morgan fingerprint density at radius 1 is 1.19 bits per heavy atom. The van der Waals surface area contributed by atoms with Crippen LogP contribution in [-0.2, 0) is 10.0 Å². The molecule has 1 heterocycles. The maximum absolute atomic E-state index is 13.0. The van der Waals surface area contributed by atoms with Gasteiger partial charge in [-0.25, -0.2) is 8.42 Å². The number of sulfonamides is 1. The summed E-state index contributed by atoms with van der Waals surface area (Å²) in [4.78, 5) is 17.1. The van der Waals surface area contributed by atoms with Gasteiger partial charge in [0.1, 0.15) is 0 Å². The van der Waals surface area contributed by atoms with Crippen LogP contribution in [0.4, 0.5) is 0 Å². The predicted molar refractivity (Wildman–Crippen MR) is 107 cm³/mol. The first kappa shape index (κ1) is 21.3. The zero-order chi connectivity index (χ0) is 19.5. The summed E-state index contributed by atoms with van der Waals surface area (Å²) < 4.78 is 27.5. The number of amides is 1. The minimum absolute atomic E-state index is 0.120. The van der Waals surface area contributed by atoms with Gasteiger partial charge < -0.3 is 9.80 Å². The van der Waals surface area contributed by atoms with E-state index in [1.807, 2.05) is 4.90 Å². The number of carbonyl (C=O) groups is 1. The monoisotopic (exact) mass is 445 g/mol. The molecule has 6 nitrogen and oxygen atoms in total. The van der Waals surface area contributed by atoms with E-state index in [1.165, 1.54) is 10.4 Å². The van der Waals surface area contributed by atoms with Crippen molar-refractivity contribution >= 4 is 31.9 Å². The molecule has 1 saturated heterocycles. The Kier molecular flexibility index (Phi) is 7.24. The number of carbonyl (C=O) groups excluding carboxylic acids is 1. The number of halogens is 1. The lowest BCUT2D eigenvalue weighted by molar-refractivity contribution is 0.0662. The molecule has 0 unspecified atom stereocenters. The third kappa shape index (κ3) is 4.47. The Hall–Kier alpha value is -0.960. The van der Waals surface area contributed by atoms with Crippen LogP contribution in [-0.4, -0.2) is 74.7 Å². The van der Waals surface area contributed by atoms with E-state index in [-0.39, 0.29) is 10.8 Å². The molecule has 0 saturated carbocycles. The van der Waals surface area contributed by atoms with Crippen molar-refractivity contribution in [2.45, 2.75) is 37.6 Å². The topological polar surface area (TPSA) is 60.9 Å². The molecule has 0 aliphatic carbocycles. The summed E-state index contributed by atoms with van der Waals surface area (Å²) in [5.41, 5.74) is 0.404. The van der Waals surface area contributed by atoms with Gasteiger partial charge in [-0.3, -0.25) is 4.79 Å². The highest BCUT2D eigenvalue weighted by Gasteiger charge is 2.28. The minimum atomic E-state index is -3.59. The van der Waals surface area contributed by atoms with Gasteiger partial charge in [0, 0.05) is 36.7 Å². The van der Waals surface area contributed by atoms with Crippen molar-refractivity contribution in [3.8, 4) is 0 Å². The standard InChI is InChI=1S/C18H28BrN3O3S/c1-5-22(6-2)26(24,25)15-7-8-17(19)16(13-15)18(23)21-11-9-14(10-12-21)20(3)4/h7-8,13-14H,5-6,9-12H2,1-4H3. The number of nitrogens with zero attached hydrogens (tertiary/aromatic N) is 3. The van der Waals surface area contributed by atoms with Gasteiger partial charge in [0.15, 0.2) is 0 Å². The third-order valence-corrected chi connectivity index (χ3v) is 7.73. The van der Waals surface area contributed by atoms with E-state index < -0.39 is 10.0 Å². The smallest absolute Gasteiger partial charge is 0.255 e. The molecule has 0 atom stereocenters. The molecule has 2 rings (SSSR count). The summed E-state index contributed by atoms with van der Waals surface area (Å²) >= 11 is 3.41. The minimum Gasteiger partial charge on any atom is -0.338 e. The molecule has 1 aromatic rings. The molecule has 26 heavy (non-hydrogen) atoms. The first-order valence-corrected chi connectivity index (χ1v) is 11.2. The summed E-state index contributed by atoms with van der Waals surface area (Å²) in [6, 6.07) is 5.18. The molecule has 1 aliphatic heterocycles. The fourth-order valence-corrected chi connectivity index (χ4v) is 5.20. The lowest BCUT2D eigenvalue weighted by Crippen LogP contribution is -2.44. The second-order valence-electron chi connectivity index (χ2n) is 6.72. The molecule has 8 heteroatoms. The molecule has 0 bridgehead atoms. The van der Waals surface area contributed by atoms with Crippen LogP contribution in [0.3, 0.4) is 0 Å². The zero-order valence-electron chi connectivity index (χ0n) is 15.9. The average Bonchev–Trinajstić information content (AvgIpc) is 2.62. The fraction of sp³-hybridized carbons (Fsp3) is 0.611. The van der Waals surface area contributed by atoms with Gasteiger partial charge in [-0.1, -0.05) is 13.8 Å². The molecule has 1 amide bonds. The molecular weight excluding hydrogens is 418 g/mol. The van der Waals surface area contributed by atoms with Crippen LogP contribution < -0.4 is 0 Å².